The second kappa shape index (κ2) is 21.7. The van der Waals surface area contributed by atoms with E-state index in [9.17, 15) is 55.5 Å². The lowest BCUT2D eigenvalue weighted by Gasteiger charge is -2.61. The van der Waals surface area contributed by atoms with Crippen molar-refractivity contribution in [1.82, 2.24) is 5.32 Å². The SMILES string of the molecule is CC(C)CC(=O)NC[C@@H](C)CCC(=O)[C@@H](C)[C@H]1[C@H](O)C[C@@H]2[C@@H]3CC[C@H]4C[C@@H](O[C@@H]5O[C@H](CO)[C@@H](O[C@@H]6O[C@@H](C)[C@H](O)[C@@H](O)[C@H]6O[C@@H]6OC[C@@H](O)[C@H](O)[C@H]6O)[C@H](O)[C@H]5O)CC[C@]4(C)[C@H]3CC[C@]12C. The number of fused-ring (bicyclic) bond motifs is 5. The third-order valence-electron chi connectivity index (χ3n) is 17.9. The molecular formula is C49H83NO17. The predicted molar refractivity (Wildman–Crippen MR) is 238 cm³/mol. The van der Waals surface area contributed by atoms with Crippen molar-refractivity contribution < 1.29 is 84.0 Å². The Balaban J connectivity index is 0.936. The molecule has 7 fully saturated rings. The fraction of sp³-hybridized carbons (Fsp3) is 0.959. The summed E-state index contributed by atoms with van der Waals surface area (Å²) in [7, 11) is 0. The average Bonchev–Trinajstić information content (AvgIpc) is 3.56. The van der Waals surface area contributed by atoms with Gasteiger partial charge in [-0.15, -0.1) is 0 Å². The van der Waals surface area contributed by atoms with Gasteiger partial charge in [-0.1, -0.05) is 41.5 Å². The van der Waals surface area contributed by atoms with E-state index in [1.807, 2.05) is 20.8 Å². The summed E-state index contributed by atoms with van der Waals surface area (Å²) in [6.07, 6.45) is -13.1. The van der Waals surface area contributed by atoms with Crippen molar-refractivity contribution in [3.05, 3.63) is 0 Å². The molecule has 0 aromatic rings. The standard InChI is InChI=1S/C49H83NO17/c1-22(2)16-35(55)50-19-23(3)8-11-31(52)24(4)36-32(53)18-30-28-10-9-26-17-27(12-14-48(26,6)29(28)13-15-49(30,36)7)64-46-42(61)40(59)43(34(20-51)65-46)66-47-44(39(58)37(56)25(5)63-47)67-45-41(60)38(57)33(54)21-62-45/h22-30,32-34,36-47,51,53-54,56-61H,8-21H2,1-7H3,(H,50,55)/t23-,24+,25-,26-,27-,28+,29-,30+,32+,33+,34+,36-,37-,38-,39+,40+,41+,42+,43+,44+,45-,46+,47-,48-,49-/m0/s1. The van der Waals surface area contributed by atoms with Crippen molar-refractivity contribution in [2.45, 2.75) is 217 Å². The molecule has 10 N–H and O–H groups in total. The molecule has 0 spiro atoms. The molecule has 18 heteroatoms. The van der Waals surface area contributed by atoms with Crippen LogP contribution in [-0.2, 0) is 38.0 Å². The fourth-order valence-corrected chi connectivity index (χ4v) is 13.9. The van der Waals surface area contributed by atoms with E-state index in [4.69, 9.17) is 28.4 Å². The molecule has 25 atom stereocenters. The highest BCUT2D eigenvalue weighted by Crippen LogP contribution is 2.68. The third-order valence-corrected chi connectivity index (χ3v) is 17.9. The minimum atomic E-state index is -1.73. The fourth-order valence-electron chi connectivity index (χ4n) is 13.9. The van der Waals surface area contributed by atoms with Gasteiger partial charge in [-0.3, -0.25) is 9.59 Å². The van der Waals surface area contributed by atoms with Gasteiger partial charge in [-0.25, -0.2) is 0 Å². The molecule has 0 bridgehead atoms. The Kier molecular flexibility index (Phi) is 17.3. The zero-order chi connectivity index (χ0) is 48.9. The van der Waals surface area contributed by atoms with Gasteiger partial charge in [0.05, 0.1) is 31.5 Å². The number of ether oxygens (including phenoxy) is 6. The molecule has 0 aromatic heterocycles. The smallest absolute Gasteiger partial charge is 0.220 e. The highest BCUT2D eigenvalue weighted by molar-refractivity contribution is 5.81. The molecule has 4 aliphatic carbocycles. The summed E-state index contributed by atoms with van der Waals surface area (Å²) in [6, 6.07) is 0. The number of amides is 1. The maximum atomic E-state index is 13.8. The van der Waals surface area contributed by atoms with Crippen molar-refractivity contribution in [2.24, 2.45) is 58.2 Å². The van der Waals surface area contributed by atoms with E-state index in [-0.39, 0.29) is 46.4 Å². The molecule has 7 aliphatic rings. The molecule has 3 heterocycles. The van der Waals surface area contributed by atoms with E-state index in [0.717, 1.165) is 38.5 Å². The number of ketones is 1. The summed E-state index contributed by atoms with van der Waals surface area (Å²) in [5, 5.41) is 100. The Morgan fingerprint density at radius 1 is 0.716 bits per heavy atom. The van der Waals surface area contributed by atoms with Crippen LogP contribution in [0.1, 0.15) is 119 Å². The van der Waals surface area contributed by atoms with E-state index in [1.165, 1.54) is 6.92 Å². The van der Waals surface area contributed by atoms with Crippen molar-refractivity contribution in [2.75, 3.05) is 19.8 Å². The maximum absolute atomic E-state index is 13.8. The molecule has 0 aromatic carbocycles. The van der Waals surface area contributed by atoms with Crippen molar-refractivity contribution in [1.29, 1.82) is 0 Å². The van der Waals surface area contributed by atoms with E-state index in [0.29, 0.717) is 68.2 Å². The summed E-state index contributed by atoms with van der Waals surface area (Å²) in [5.74, 6) is 1.87. The van der Waals surface area contributed by atoms with Crippen LogP contribution in [0.2, 0.25) is 0 Å². The first-order valence-electron chi connectivity index (χ1n) is 25.3. The molecule has 386 valence electrons. The van der Waals surface area contributed by atoms with Crippen LogP contribution in [0.5, 0.6) is 0 Å². The lowest BCUT2D eigenvalue weighted by molar-refractivity contribution is -0.383. The van der Waals surface area contributed by atoms with Crippen LogP contribution in [0, 0.1) is 58.2 Å². The van der Waals surface area contributed by atoms with Crippen LogP contribution in [0.3, 0.4) is 0 Å². The molecule has 67 heavy (non-hydrogen) atoms. The van der Waals surface area contributed by atoms with Gasteiger partial charge >= 0.3 is 0 Å². The summed E-state index contributed by atoms with van der Waals surface area (Å²) in [6.45, 7) is 13.8. The minimum absolute atomic E-state index is 0.0257. The lowest BCUT2D eigenvalue weighted by Crippen LogP contribution is -2.66. The monoisotopic (exact) mass is 958 g/mol. The predicted octanol–water partition coefficient (Wildman–Crippen LogP) is 0.900. The van der Waals surface area contributed by atoms with Crippen LogP contribution >= 0.6 is 0 Å². The van der Waals surface area contributed by atoms with Gasteiger partial charge in [0.1, 0.15) is 66.8 Å². The first-order chi connectivity index (χ1) is 31.6. The van der Waals surface area contributed by atoms with E-state index < -0.39 is 105 Å². The van der Waals surface area contributed by atoms with Crippen LogP contribution < -0.4 is 5.32 Å². The average molecular weight is 958 g/mol. The molecule has 4 saturated carbocycles. The zero-order valence-corrected chi connectivity index (χ0v) is 40.5. The largest absolute Gasteiger partial charge is 0.394 e. The number of aliphatic hydroxyl groups excluding tert-OH is 9. The molecule has 1 amide bonds. The lowest BCUT2D eigenvalue weighted by atomic mass is 9.44. The first kappa shape index (κ1) is 53.3. The van der Waals surface area contributed by atoms with Crippen molar-refractivity contribution in [3.8, 4) is 0 Å². The molecule has 0 unspecified atom stereocenters. The number of hydrogen-bond donors (Lipinski definition) is 10. The Bertz CT molecular complexity index is 1660. The molecule has 18 nitrogen and oxygen atoms in total. The number of Topliss-reactive ketones (excluding diaryl/α,β-unsaturated/α-hetero) is 1. The molecule has 3 aliphatic heterocycles. The summed E-state index contributed by atoms with van der Waals surface area (Å²) in [4.78, 5) is 25.9. The topological polar surface area (TPSA) is 284 Å². The van der Waals surface area contributed by atoms with Crippen LogP contribution in [0.4, 0.5) is 0 Å². The number of aliphatic hydroxyl groups is 9. The Morgan fingerprint density at radius 2 is 1.39 bits per heavy atom. The summed E-state index contributed by atoms with van der Waals surface area (Å²) >= 11 is 0. The van der Waals surface area contributed by atoms with Gasteiger partial charge in [0.15, 0.2) is 18.9 Å². The van der Waals surface area contributed by atoms with Gasteiger partial charge in [-0.05, 0) is 117 Å². The van der Waals surface area contributed by atoms with Crippen LogP contribution in [0.25, 0.3) is 0 Å². The normalized spacial score (nSPS) is 48.8. The number of carbonyl (C=O) groups is 2. The van der Waals surface area contributed by atoms with Crippen LogP contribution in [-0.4, -0.2) is 176 Å². The number of hydrogen-bond acceptors (Lipinski definition) is 17. The molecule has 0 radical (unpaired) electrons. The van der Waals surface area contributed by atoms with Gasteiger partial charge in [-0.2, -0.15) is 0 Å². The van der Waals surface area contributed by atoms with E-state index in [2.05, 4.69) is 26.1 Å². The highest BCUT2D eigenvalue weighted by atomic mass is 16.8. The summed E-state index contributed by atoms with van der Waals surface area (Å²) < 4.78 is 35.5. The second-order valence-electron chi connectivity index (χ2n) is 22.7. The second-order valence-corrected chi connectivity index (χ2v) is 22.7. The number of nitrogens with one attached hydrogen (secondary N) is 1. The summed E-state index contributed by atoms with van der Waals surface area (Å²) in [5.41, 5.74) is -0.121. The van der Waals surface area contributed by atoms with Gasteiger partial charge in [0.2, 0.25) is 5.91 Å². The quantitative estimate of drug-likeness (QED) is 0.0963. The van der Waals surface area contributed by atoms with Crippen molar-refractivity contribution >= 4 is 11.7 Å². The molecule has 7 rings (SSSR count). The van der Waals surface area contributed by atoms with Gasteiger partial charge in [0, 0.05) is 25.3 Å². The zero-order valence-electron chi connectivity index (χ0n) is 40.5. The first-order valence-corrected chi connectivity index (χ1v) is 25.3. The minimum Gasteiger partial charge on any atom is -0.394 e. The van der Waals surface area contributed by atoms with Gasteiger partial charge < -0.3 is 79.7 Å². The van der Waals surface area contributed by atoms with Crippen molar-refractivity contribution in [3.63, 3.8) is 0 Å². The van der Waals surface area contributed by atoms with E-state index >= 15 is 0 Å². The third kappa shape index (κ3) is 10.8. The molecule has 3 saturated heterocycles. The number of rotatable bonds is 16. The van der Waals surface area contributed by atoms with Crippen LogP contribution in [0.15, 0.2) is 0 Å². The Labute approximate surface area is 395 Å². The number of carbonyl (C=O) groups excluding carboxylic acids is 2. The maximum Gasteiger partial charge on any atom is 0.220 e. The highest BCUT2D eigenvalue weighted by Gasteiger charge is 2.64. The van der Waals surface area contributed by atoms with E-state index in [1.54, 1.807) is 0 Å². The molecular weight excluding hydrogens is 875 g/mol. The van der Waals surface area contributed by atoms with Gasteiger partial charge in [0.25, 0.3) is 0 Å². The Morgan fingerprint density at radius 3 is 2.09 bits per heavy atom. The Hall–Kier alpha value is -1.46.